The first-order chi connectivity index (χ1) is 7.65. The third-order valence-corrected chi connectivity index (χ3v) is 4.51. The van der Waals surface area contributed by atoms with E-state index in [1.54, 1.807) is 11.3 Å². The highest BCUT2D eigenvalue weighted by molar-refractivity contribution is 7.10. The quantitative estimate of drug-likeness (QED) is 0.860. The highest BCUT2D eigenvalue weighted by Gasteiger charge is 2.56. The lowest BCUT2D eigenvalue weighted by Gasteiger charge is -2.22. The number of carbonyl (C=O) groups is 1. The molecule has 2 rings (SSSR count). The third kappa shape index (κ3) is 1.66. The van der Waals surface area contributed by atoms with Crippen molar-refractivity contribution in [2.45, 2.75) is 37.7 Å². The van der Waals surface area contributed by atoms with Crippen LogP contribution in [0.1, 0.15) is 30.2 Å². The summed E-state index contributed by atoms with van der Waals surface area (Å²) < 4.78 is 5.17. The van der Waals surface area contributed by atoms with Gasteiger partial charge in [0.1, 0.15) is 0 Å². The van der Waals surface area contributed by atoms with Gasteiger partial charge in [-0.3, -0.25) is 0 Å². The first-order valence-electron chi connectivity index (χ1n) is 5.48. The maximum atomic E-state index is 11.2. The van der Waals surface area contributed by atoms with Crippen molar-refractivity contribution in [3.05, 3.63) is 21.9 Å². The molecule has 1 unspecified atom stereocenters. The Hall–Kier alpha value is -0.870. The van der Waals surface area contributed by atoms with Crippen LogP contribution in [0.4, 0.5) is 0 Å². The zero-order valence-electron chi connectivity index (χ0n) is 9.53. The van der Waals surface area contributed by atoms with Crippen molar-refractivity contribution in [2.24, 2.45) is 0 Å². The van der Waals surface area contributed by atoms with E-state index >= 15 is 0 Å². The van der Waals surface area contributed by atoms with Gasteiger partial charge in [-0.1, -0.05) is 6.92 Å². The maximum Gasteiger partial charge on any atom is 0.333 e. The fourth-order valence-electron chi connectivity index (χ4n) is 2.36. The molecule has 0 saturated heterocycles. The van der Waals surface area contributed by atoms with E-state index < -0.39 is 12.1 Å². The van der Waals surface area contributed by atoms with E-state index in [9.17, 15) is 9.90 Å². The van der Waals surface area contributed by atoms with Crippen LogP contribution in [0.25, 0.3) is 0 Å². The highest BCUT2D eigenvalue weighted by atomic mass is 32.1. The number of hydrogen-bond donors (Lipinski definition) is 1. The molecule has 1 aromatic heterocycles. The molecule has 0 aromatic carbocycles. The van der Waals surface area contributed by atoms with Gasteiger partial charge in [0, 0.05) is 17.4 Å². The second-order valence-corrected chi connectivity index (χ2v) is 5.15. The zero-order chi connectivity index (χ0) is 11.8. The monoisotopic (exact) mass is 240 g/mol. The van der Waals surface area contributed by atoms with Gasteiger partial charge in [-0.25, -0.2) is 4.79 Å². The largest absolute Gasteiger partial charge is 0.479 e. The van der Waals surface area contributed by atoms with Gasteiger partial charge in [-0.05, 0) is 36.3 Å². The smallest absolute Gasteiger partial charge is 0.333 e. The van der Waals surface area contributed by atoms with Gasteiger partial charge >= 0.3 is 5.97 Å². The molecule has 88 valence electrons. The van der Waals surface area contributed by atoms with Crippen LogP contribution in [0.5, 0.6) is 0 Å². The van der Waals surface area contributed by atoms with E-state index in [1.807, 2.05) is 5.38 Å². The number of thiophene rings is 1. The second kappa shape index (κ2) is 4.18. The Bertz CT molecular complexity index is 393. The number of aliphatic carboxylic acids is 1. The van der Waals surface area contributed by atoms with Crippen molar-refractivity contribution in [3.63, 3.8) is 0 Å². The number of hydrogen-bond acceptors (Lipinski definition) is 3. The van der Waals surface area contributed by atoms with Gasteiger partial charge in [0.15, 0.2) is 6.10 Å². The van der Waals surface area contributed by atoms with Crippen molar-refractivity contribution in [1.82, 2.24) is 0 Å². The van der Waals surface area contributed by atoms with Crippen LogP contribution in [0.3, 0.4) is 0 Å². The average Bonchev–Trinajstić information content (AvgIpc) is 2.90. The molecule has 0 radical (unpaired) electrons. The predicted octanol–water partition coefficient (Wildman–Crippen LogP) is 2.44. The summed E-state index contributed by atoms with van der Waals surface area (Å²) in [4.78, 5) is 12.4. The summed E-state index contributed by atoms with van der Waals surface area (Å²) in [6.45, 7) is 2.10. The normalized spacial score (nSPS) is 19.4. The number of rotatable bonds is 5. The Morgan fingerprint density at radius 1 is 1.69 bits per heavy atom. The Morgan fingerprint density at radius 2 is 2.38 bits per heavy atom. The lowest BCUT2D eigenvalue weighted by atomic mass is 9.93. The molecule has 0 amide bonds. The van der Waals surface area contributed by atoms with Crippen molar-refractivity contribution in [3.8, 4) is 0 Å². The minimum absolute atomic E-state index is 0.250. The summed E-state index contributed by atoms with van der Waals surface area (Å²) in [6, 6.07) is 2.09. The molecule has 1 heterocycles. The Labute approximate surface area is 99.1 Å². The minimum Gasteiger partial charge on any atom is -0.479 e. The number of carboxylic acid groups (broad SMARTS) is 1. The van der Waals surface area contributed by atoms with E-state index in [1.165, 1.54) is 17.6 Å². The summed E-state index contributed by atoms with van der Waals surface area (Å²) >= 11 is 1.66. The molecular formula is C12H16O3S. The lowest BCUT2D eigenvalue weighted by molar-refractivity contribution is -0.150. The van der Waals surface area contributed by atoms with Crippen LogP contribution in [0, 0.1) is 0 Å². The van der Waals surface area contributed by atoms with Gasteiger partial charge < -0.3 is 9.84 Å². The SMILES string of the molecule is CCc1ccsc1C1(C(OC)C(=O)O)CC1. The van der Waals surface area contributed by atoms with Gasteiger partial charge in [0.2, 0.25) is 0 Å². The molecule has 1 aliphatic rings. The molecule has 16 heavy (non-hydrogen) atoms. The molecule has 1 atom stereocenters. The third-order valence-electron chi connectivity index (χ3n) is 3.33. The number of methoxy groups -OCH3 is 1. The van der Waals surface area contributed by atoms with Crippen LogP contribution >= 0.6 is 11.3 Å². The van der Waals surface area contributed by atoms with E-state index in [-0.39, 0.29) is 5.41 Å². The molecule has 1 aliphatic carbocycles. The molecule has 1 aromatic rings. The predicted molar refractivity (Wildman–Crippen MR) is 63.0 cm³/mol. The molecule has 1 saturated carbocycles. The van der Waals surface area contributed by atoms with Crippen LogP contribution in [-0.4, -0.2) is 24.3 Å². The van der Waals surface area contributed by atoms with Crippen molar-refractivity contribution < 1.29 is 14.6 Å². The van der Waals surface area contributed by atoms with Crippen molar-refractivity contribution >= 4 is 17.3 Å². The van der Waals surface area contributed by atoms with Crippen molar-refractivity contribution in [1.29, 1.82) is 0 Å². The number of carboxylic acids is 1. The number of ether oxygens (including phenoxy) is 1. The Morgan fingerprint density at radius 3 is 2.81 bits per heavy atom. The summed E-state index contributed by atoms with van der Waals surface area (Å²) in [5, 5.41) is 11.2. The molecule has 3 nitrogen and oxygen atoms in total. The maximum absolute atomic E-state index is 11.2. The molecule has 0 spiro atoms. The number of aryl methyl sites for hydroxylation is 1. The molecule has 1 N–H and O–H groups in total. The second-order valence-electron chi connectivity index (χ2n) is 4.24. The molecule has 0 bridgehead atoms. The van der Waals surface area contributed by atoms with E-state index in [0.717, 1.165) is 19.3 Å². The van der Waals surface area contributed by atoms with Gasteiger partial charge in [0.05, 0.1) is 0 Å². The van der Waals surface area contributed by atoms with Gasteiger partial charge in [0.25, 0.3) is 0 Å². The summed E-state index contributed by atoms with van der Waals surface area (Å²) in [7, 11) is 1.48. The van der Waals surface area contributed by atoms with E-state index in [2.05, 4.69) is 13.0 Å². The molecule has 0 aliphatic heterocycles. The lowest BCUT2D eigenvalue weighted by Crippen LogP contribution is -2.35. The summed E-state index contributed by atoms with van der Waals surface area (Å²) in [6.07, 6.45) is 2.10. The summed E-state index contributed by atoms with van der Waals surface area (Å²) in [5.41, 5.74) is 1.02. The fraction of sp³-hybridized carbons (Fsp3) is 0.583. The Kier molecular flexibility index (Phi) is 3.04. The molecular weight excluding hydrogens is 224 g/mol. The van der Waals surface area contributed by atoms with E-state index in [0.29, 0.717) is 0 Å². The van der Waals surface area contributed by atoms with Crippen molar-refractivity contribution in [2.75, 3.05) is 7.11 Å². The fourth-order valence-corrected chi connectivity index (χ4v) is 3.63. The van der Waals surface area contributed by atoms with Gasteiger partial charge in [-0.15, -0.1) is 11.3 Å². The zero-order valence-corrected chi connectivity index (χ0v) is 10.3. The van der Waals surface area contributed by atoms with Crippen LogP contribution in [0.2, 0.25) is 0 Å². The van der Waals surface area contributed by atoms with Gasteiger partial charge in [-0.2, -0.15) is 0 Å². The first-order valence-corrected chi connectivity index (χ1v) is 6.36. The topological polar surface area (TPSA) is 46.5 Å². The van der Waals surface area contributed by atoms with Crippen LogP contribution < -0.4 is 0 Å². The van der Waals surface area contributed by atoms with Crippen LogP contribution in [0.15, 0.2) is 11.4 Å². The first kappa shape index (κ1) is 11.6. The molecule has 4 heteroatoms. The highest BCUT2D eigenvalue weighted by Crippen LogP contribution is 2.54. The minimum atomic E-state index is -0.851. The summed E-state index contributed by atoms with van der Waals surface area (Å²) in [5.74, 6) is -0.851. The molecule has 1 fully saturated rings. The van der Waals surface area contributed by atoms with Crippen LogP contribution in [-0.2, 0) is 21.4 Å². The Balaban J connectivity index is 2.35. The average molecular weight is 240 g/mol. The standard InChI is InChI=1S/C12H16O3S/c1-3-8-4-7-16-10(8)12(5-6-12)9(15-2)11(13)14/h4,7,9H,3,5-6H2,1-2H3,(H,13,14). The van der Waals surface area contributed by atoms with E-state index in [4.69, 9.17) is 4.74 Å².